The molecule has 0 unspecified atom stereocenters. The van der Waals surface area contributed by atoms with Crippen LogP contribution in [0.3, 0.4) is 0 Å². The summed E-state index contributed by atoms with van der Waals surface area (Å²) in [5.74, 6) is -1.33. The van der Waals surface area contributed by atoms with Crippen LogP contribution in [0.2, 0.25) is 0 Å². The molecule has 0 amide bonds. The Hall–Kier alpha value is -2.75. The molecule has 0 saturated carbocycles. The Morgan fingerprint density at radius 2 is 1.59 bits per heavy atom. The van der Waals surface area contributed by atoms with Crippen molar-refractivity contribution in [3.63, 3.8) is 0 Å². The van der Waals surface area contributed by atoms with Gasteiger partial charge in [-0.1, -0.05) is 49.7 Å². The zero-order valence-corrected chi connectivity index (χ0v) is 15.4. The van der Waals surface area contributed by atoms with E-state index in [2.05, 4.69) is 0 Å². The van der Waals surface area contributed by atoms with Gasteiger partial charge >= 0.3 is 0 Å². The van der Waals surface area contributed by atoms with Gasteiger partial charge in [-0.2, -0.15) is 0 Å². The fourth-order valence-electron chi connectivity index (χ4n) is 2.92. The van der Waals surface area contributed by atoms with Crippen molar-refractivity contribution in [2.75, 3.05) is 0 Å². The molecule has 3 aromatic carbocycles. The van der Waals surface area contributed by atoms with Gasteiger partial charge in [0.1, 0.15) is 18.2 Å². The van der Waals surface area contributed by atoms with Crippen LogP contribution in [0.4, 0.5) is 13.2 Å². The molecule has 0 bridgehead atoms. The topological polar surface area (TPSA) is 9.23 Å². The minimum Gasteiger partial charge on any atom is -0.489 e. The summed E-state index contributed by atoms with van der Waals surface area (Å²) in [6, 6.07) is 15.0. The van der Waals surface area contributed by atoms with Gasteiger partial charge in [-0.25, -0.2) is 13.2 Å². The van der Waals surface area contributed by atoms with E-state index < -0.39 is 11.6 Å². The quantitative estimate of drug-likeness (QED) is 0.474. The third kappa shape index (κ3) is 4.33. The lowest BCUT2D eigenvalue weighted by Crippen LogP contribution is -1.98. The zero-order valence-electron chi connectivity index (χ0n) is 15.4. The molecule has 4 heteroatoms. The number of hydrogen-bond donors (Lipinski definition) is 0. The van der Waals surface area contributed by atoms with Crippen molar-refractivity contribution >= 4 is 0 Å². The second-order valence-corrected chi connectivity index (χ2v) is 6.55. The third-order valence-corrected chi connectivity index (χ3v) is 4.48. The molecule has 0 saturated heterocycles. The van der Waals surface area contributed by atoms with Gasteiger partial charge in [-0.3, -0.25) is 0 Å². The van der Waals surface area contributed by atoms with Crippen molar-refractivity contribution in [2.45, 2.75) is 33.3 Å². The SMILES string of the molecule is CCCc1ccc(COc2ccc(-c3ccc(C)c(F)c3F)cc2)cc1F. The minimum atomic E-state index is -0.855. The molecule has 0 heterocycles. The Labute approximate surface area is 157 Å². The standard InChI is InChI=1S/C23H21F3O/c1-3-4-18-7-6-16(13-21(18)24)14-27-19-10-8-17(9-11-19)20-12-5-15(2)22(25)23(20)26/h5-13H,3-4,14H2,1-2H3. The second kappa shape index (κ2) is 8.30. The highest BCUT2D eigenvalue weighted by Gasteiger charge is 2.12. The smallest absolute Gasteiger partial charge is 0.166 e. The molecule has 0 atom stereocenters. The van der Waals surface area contributed by atoms with E-state index in [9.17, 15) is 13.2 Å². The number of aryl methyl sites for hydroxylation is 2. The van der Waals surface area contributed by atoms with Gasteiger partial charge in [0.2, 0.25) is 0 Å². The second-order valence-electron chi connectivity index (χ2n) is 6.55. The molecule has 0 aliphatic heterocycles. The third-order valence-electron chi connectivity index (χ3n) is 4.48. The number of hydrogen-bond acceptors (Lipinski definition) is 1. The van der Waals surface area contributed by atoms with Crippen LogP contribution < -0.4 is 4.74 Å². The van der Waals surface area contributed by atoms with Crippen molar-refractivity contribution in [1.29, 1.82) is 0 Å². The number of benzene rings is 3. The first-order valence-corrected chi connectivity index (χ1v) is 8.94. The summed E-state index contributed by atoms with van der Waals surface area (Å²) < 4.78 is 47.5. The van der Waals surface area contributed by atoms with Crippen LogP contribution in [0.5, 0.6) is 5.75 Å². The molecule has 0 N–H and O–H groups in total. The molecule has 0 aliphatic rings. The van der Waals surface area contributed by atoms with Gasteiger partial charge < -0.3 is 4.74 Å². The van der Waals surface area contributed by atoms with Gasteiger partial charge in [0.05, 0.1) is 0 Å². The highest BCUT2D eigenvalue weighted by atomic mass is 19.2. The molecule has 1 nitrogen and oxygen atoms in total. The number of halogens is 3. The Kier molecular flexibility index (Phi) is 5.84. The molecule has 0 spiro atoms. The summed E-state index contributed by atoms with van der Waals surface area (Å²) in [4.78, 5) is 0. The van der Waals surface area contributed by atoms with Crippen molar-refractivity contribution in [3.8, 4) is 16.9 Å². The first-order chi connectivity index (χ1) is 13.0. The van der Waals surface area contributed by atoms with Crippen LogP contribution >= 0.6 is 0 Å². The summed E-state index contributed by atoms with van der Waals surface area (Å²) in [5, 5.41) is 0. The lowest BCUT2D eigenvalue weighted by atomic mass is 10.0. The van der Waals surface area contributed by atoms with Crippen molar-refractivity contribution < 1.29 is 17.9 Å². The molecule has 0 radical (unpaired) electrons. The van der Waals surface area contributed by atoms with E-state index in [1.165, 1.54) is 13.0 Å². The van der Waals surface area contributed by atoms with Gasteiger partial charge in [-0.05, 0) is 53.8 Å². The molecule has 0 aromatic heterocycles. The van der Waals surface area contributed by atoms with Crippen LogP contribution in [0.1, 0.15) is 30.0 Å². The van der Waals surface area contributed by atoms with E-state index in [1.807, 2.05) is 13.0 Å². The normalized spacial score (nSPS) is 10.9. The molecule has 27 heavy (non-hydrogen) atoms. The average molecular weight is 370 g/mol. The fraction of sp³-hybridized carbons (Fsp3) is 0.217. The molecule has 3 aromatic rings. The summed E-state index contributed by atoms with van der Waals surface area (Å²) in [7, 11) is 0. The van der Waals surface area contributed by atoms with Crippen LogP contribution in [0, 0.1) is 24.4 Å². The van der Waals surface area contributed by atoms with Crippen LogP contribution in [0.15, 0.2) is 54.6 Å². The molecule has 140 valence electrons. The zero-order chi connectivity index (χ0) is 19.4. The predicted octanol–water partition coefficient (Wildman–Crippen LogP) is 6.61. The average Bonchev–Trinajstić information content (AvgIpc) is 2.67. The maximum atomic E-state index is 14.1. The molecule has 0 aliphatic carbocycles. The maximum Gasteiger partial charge on any atom is 0.166 e. The maximum absolute atomic E-state index is 14.1. The molecular formula is C23H21F3O. The molecular weight excluding hydrogens is 349 g/mol. The summed E-state index contributed by atoms with van der Waals surface area (Å²) in [6.45, 7) is 3.77. The summed E-state index contributed by atoms with van der Waals surface area (Å²) in [6.07, 6.45) is 1.61. The largest absolute Gasteiger partial charge is 0.489 e. The first-order valence-electron chi connectivity index (χ1n) is 8.94. The van der Waals surface area contributed by atoms with Gasteiger partial charge in [0.15, 0.2) is 11.6 Å². The monoisotopic (exact) mass is 370 g/mol. The lowest BCUT2D eigenvalue weighted by molar-refractivity contribution is 0.305. The van der Waals surface area contributed by atoms with E-state index in [1.54, 1.807) is 42.5 Å². The van der Waals surface area contributed by atoms with E-state index in [4.69, 9.17) is 4.74 Å². The van der Waals surface area contributed by atoms with Crippen LogP contribution in [-0.4, -0.2) is 0 Å². The predicted molar refractivity (Wildman–Crippen MR) is 101 cm³/mol. The van der Waals surface area contributed by atoms with Crippen molar-refractivity contribution in [3.05, 3.63) is 88.7 Å². The highest BCUT2D eigenvalue weighted by Crippen LogP contribution is 2.28. The van der Waals surface area contributed by atoms with Crippen LogP contribution in [-0.2, 0) is 13.0 Å². The van der Waals surface area contributed by atoms with E-state index in [0.717, 1.165) is 12.0 Å². The van der Waals surface area contributed by atoms with E-state index >= 15 is 0 Å². The molecule has 3 rings (SSSR count). The van der Waals surface area contributed by atoms with Crippen molar-refractivity contribution in [1.82, 2.24) is 0 Å². The Morgan fingerprint density at radius 1 is 0.852 bits per heavy atom. The highest BCUT2D eigenvalue weighted by molar-refractivity contribution is 5.65. The Bertz CT molecular complexity index is 933. The number of rotatable bonds is 6. The van der Waals surface area contributed by atoms with Crippen molar-refractivity contribution in [2.24, 2.45) is 0 Å². The van der Waals surface area contributed by atoms with Gasteiger partial charge in [0, 0.05) is 5.56 Å². The summed E-state index contributed by atoms with van der Waals surface area (Å²) >= 11 is 0. The van der Waals surface area contributed by atoms with E-state index in [-0.39, 0.29) is 23.6 Å². The summed E-state index contributed by atoms with van der Waals surface area (Å²) in [5.41, 5.74) is 2.49. The minimum absolute atomic E-state index is 0.207. The van der Waals surface area contributed by atoms with Gasteiger partial charge in [-0.15, -0.1) is 0 Å². The number of ether oxygens (including phenoxy) is 1. The van der Waals surface area contributed by atoms with E-state index in [0.29, 0.717) is 23.3 Å². The lowest BCUT2D eigenvalue weighted by Gasteiger charge is -2.10. The first kappa shape index (κ1) is 19.0. The van der Waals surface area contributed by atoms with Gasteiger partial charge in [0.25, 0.3) is 0 Å². The Morgan fingerprint density at radius 3 is 2.26 bits per heavy atom. The fourth-order valence-corrected chi connectivity index (χ4v) is 2.92. The van der Waals surface area contributed by atoms with Crippen LogP contribution in [0.25, 0.3) is 11.1 Å². The molecule has 0 fully saturated rings. The Balaban J connectivity index is 1.70.